The molecule has 0 saturated heterocycles. The van der Waals surface area contributed by atoms with Gasteiger partial charge in [0, 0.05) is 21.5 Å². The predicted molar refractivity (Wildman–Crippen MR) is 89.4 cm³/mol. The fourth-order valence-corrected chi connectivity index (χ4v) is 3.42. The molecule has 0 radical (unpaired) electrons. The van der Waals surface area contributed by atoms with Crippen molar-refractivity contribution >= 4 is 33.0 Å². The first-order valence-corrected chi connectivity index (χ1v) is 9.08. The fourth-order valence-electron chi connectivity index (χ4n) is 1.95. The first-order valence-electron chi connectivity index (χ1n) is 6.28. The van der Waals surface area contributed by atoms with E-state index in [-0.39, 0.29) is 4.90 Å². The van der Waals surface area contributed by atoms with Gasteiger partial charge in [0.05, 0.1) is 10.6 Å². The number of thiazole rings is 1. The number of nitrogens with zero attached hydrogens (tertiary/aromatic N) is 1. The molecule has 0 atom stereocenters. The predicted octanol–water partition coefficient (Wildman–Crippen LogP) is 3.78. The minimum Gasteiger partial charge on any atom is -0.236 e. The second-order valence-corrected chi connectivity index (χ2v) is 7.47. The molecule has 3 aromatic rings. The lowest BCUT2D eigenvalue weighted by molar-refractivity contribution is 0.598. The molecular weight excluding hydrogens is 340 g/mol. The monoisotopic (exact) mass is 350 g/mol. The average Bonchev–Trinajstić information content (AvgIpc) is 2.97. The second-order valence-electron chi connectivity index (χ2n) is 4.61. The Bertz CT molecular complexity index is 901. The summed E-state index contributed by atoms with van der Waals surface area (Å²) in [4.78, 5) is 4.66. The molecule has 7 heteroatoms. The first kappa shape index (κ1) is 15.2. The van der Waals surface area contributed by atoms with E-state index in [4.69, 9.17) is 16.7 Å². The van der Waals surface area contributed by atoms with E-state index in [2.05, 4.69) is 4.98 Å². The first-order chi connectivity index (χ1) is 10.4. The number of benzene rings is 2. The molecule has 0 fully saturated rings. The van der Waals surface area contributed by atoms with Crippen LogP contribution in [0.3, 0.4) is 0 Å². The Morgan fingerprint density at radius 2 is 1.55 bits per heavy atom. The van der Waals surface area contributed by atoms with E-state index in [0.29, 0.717) is 5.02 Å². The van der Waals surface area contributed by atoms with Gasteiger partial charge in [-0.15, -0.1) is 11.3 Å². The van der Waals surface area contributed by atoms with E-state index in [1.54, 1.807) is 12.1 Å². The smallest absolute Gasteiger partial charge is 0.236 e. The summed E-state index contributed by atoms with van der Waals surface area (Å²) in [7, 11) is -3.67. The summed E-state index contributed by atoms with van der Waals surface area (Å²) in [5.41, 5.74) is 2.68. The van der Waals surface area contributed by atoms with Crippen molar-refractivity contribution in [2.24, 2.45) is 5.14 Å². The van der Waals surface area contributed by atoms with Crippen molar-refractivity contribution in [1.82, 2.24) is 4.98 Å². The largest absolute Gasteiger partial charge is 0.238 e. The summed E-state index contributed by atoms with van der Waals surface area (Å²) in [5.74, 6) is 0. The van der Waals surface area contributed by atoms with Gasteiger partial charge < -0.3 is 0 Å². The fraction of sp³-hybridized carbons (Fsp3) is 0. The SMILES string of the molecule is NS(=O)(=O)c1ccc(-c2nc(-c3ccc(Cl)cc3)cs2)cc1. The van der Waals surface area contributed by atoms with Crippen molar-refractivity contribution in [3.63, 3.8) is 0 Å². The van der Waals surface area contributed by atoms with Crippen LogP contribution >= 0.6 is 22.9 Å². The summed E-state index contributed by atoms with van der Waals surface area (Å²) < 4.78 is 22.5. The van der Waals surface area contributed by atoms with Crippen LogP contribution < -0.4 is 5.14 Å². The van der Waals surface area contributed by atoms with Crippen LogP contribution in [0.15, 0.2) is 58.8 Å². The Morgan fingerprint density at radius 3 is 2.14 bits per heavy atom. The number of rotatable bonds is 3. The maximum atomic E-state index is 11.3. The average molecular weight is 351 g/mol. The van der Waals surface area contributed by atoms with Gasteiger partial charge >= 0.3 is 0 Å². The third kappa shape index (κ3) is 3.20. The van der Waals surface area contributed by atoms with Gasteiger partial charge in [-0.1, -0.05) is 35.9 Å². The highest BCUT2D eigenvalue weighted by molar-refractivity contribution is 7.89. The number of aromatic nitrogens is 1. The van der Waals surface area contributed by atoms with Gasteiger partial charge in [-0.3, -0.25) is 0 Å². The van der Waals surface area contributed by atoms with E-state index in [1.165, 1.54) is 23.5 Å². The highest BCUT2D eigenvalue weighted by Gasteiger charge is 2.10. The Morgan fingerprint density at radius 1 is 0.955 bits per heavy atom. The maximum Gasteiger partial charge on any atom is 0.238 e. The van der Waals surface area contributed by atoms with Crippen LogP contribution in [-0.2, 0) is 10.0 Å². The summed E-state index contributed by atoms with van der Waals surface area (Å²) in [6, 6.07) is 13.8. The Hall–Kier alpha value is -1.73. The molecule has 22 heavy (non-hydrogen) atoms. The van der Waals surface area contributed by atoms with Crippen molar-refractivity contribution in [1.29, 1.82) is 0 Å². The van der Waals surface area contributed by atoms with E-state index >= 15 is 0 Å². The van der Waals surface area contributed by atoms with Gasteiger partial charge in [0.25, 0.3) is 0 Å². The molecule has 112 valence electrons. The third-order valence-corrected chi connectivity index (χ3v) is 5.15. The number of hydrogen-bond donors (Lipinski definition) is 1. The lowest BCUT2D eigenvalue weighted by Gasteiger charge is -2.00. The van der Waals surface area contributed by atoms with Crippen LogP contribution in [0.5, 0.6) is 0 Å². The lowest BCUT2D eigenvalue weighted by atomic mass is 10.2. The highest BCUT2D eigenvalue weighted by Crippen LogP contribution is 2.29. The van der Waals surface area contributed by atoms with E-state index in [1.807, 2.05) is 29.6 Å². The molecule has 0 aliphatic rings. The van der Waals surface area contributed by atoms with Gasteiger partial charge in [-0.05, 0) is 24.3 Å². The van der Waals surface area contributed by atoms with Crippen LogP contribution in [0.1, 0.15) is 0 Å². The summed E-state index contributed by atoms with van der Waals surface area (Å²) >= 11 is 7.36. The molecule has 3 rings (SSSR count). The number of sulfonamides is 1. The quantitative estimate of drug-likeness (QED) is 0.781. The molecule has 0 spiro atoms. The van der Waals surface area contributed by atoms with E-state index < -0.39 is 10.0 Å². The van der Waals surface area contributed by atoms with Gasteiger partial charge in [-0.2, -0.15) is 0 Å². The van der Waals surface area contributed by atoms with Gasteiger partial charge in [-0.25, -0.2) is 18.5 Å². The van der Waals surface area contributed by atoms with E-state index in [9.17, 15) is 8.42 Å². The van der Waals surface area contributed by atoms with Crippen molar-refractivity contribution in [3.8, 4) is 21.8 Å². The molecule has 2 N–H and O–H groups in total. The minimum absolute atomic E-state index is 0.0886. The number of halogens is 1. The Labute approximate surface area is 137 Å². The highest BCUT2D eigenvalue weighted by atomic mass is 35.5. The summed E-state index contributed by atoms with van der Waals surface area (Å²) in [6.45, 7) is 0. The zero-order chi connectivity index (χ0) is 15.7. The van der Waals surface area contributed by atoms with Gasteiger partial charge in [0.1, 0.15) is 5.01 Å². The van der Waals surface area contributed by atoms with Crippen LogP contribution in [-0.4, -0.2) is 13.4 Å². The van der Waals surface area contributed by atoms with Gasteiger partial charge in [0.15, 0.2) is 0 Å². The molecule has 0 bridgehead atoms. The molecule has 0 unspecified atom stereocenters. The Balaban J connectivity index is 1.92. The van der Waals surface area contributed by atoms with E-state index in [0.717, 1.165) is 21.8 Å². The van der Waals surface area contributed by atoms with Crippen molar-refractivity contribution in [3.05, 3.63) is 58.9 Å². The number of hydrogen-bond acceptors (Lipinski definition) is 4. The number of primary sulfonamides is 1. The zero-order valence-corrected chi connectivity index (χ0v) is 13.6. The summed E-state index contributed by atoms with van der Waals surface area (Å²) in [6.07, 6.45) is 0. The molecule has 0 saturated carbocycles. The van der Waals surface area contributed by atoms with Crippen LogP contribution in [0.4, 0.5) is 0 Å². The van der Waals surface area contributed by atoms with Crippen molar-refractivity contribution < 1.29 is 8.42 Å². The van der Waals surface area contributed by atoms with Crippen LogP contribution in [0.2, 0.25) is 5.02 Å². The molecular formula is C15H11ClN2O2S2. The standard InChI is InChI=1S/C15H11ClN2O2S2/c16-12-5-1-10(2-6-12)14-9-21-15(18-14)11-3-7-13(8-4-11)22(17,19)20/h1-9H,(H2,17,19,20). The molecule has 0 amide bonds. The molecule has 1 heterocycles. The summed E-state index contributed by atoms with van der Waals surface area (Å²) in [5, 5.41) is 8.53. The van der Waals surface area contributed by atoms with Crippen LogP contribution in [0, 0.1) is 0 Å². The normalized spacial score (nSPS) is 11.5. The van der Waals surface area contributed by atoms with Crippen LogP contribution in [0.25, 0.3) is 21.8 Å². The Kier molecular flexibility index (Phi) is 4.01. The molecule has 0 aliphatic carbocycles. The molecule has 4 nitrogen and oxygen atoms in total. The lowest BCUT2D eigenvalue weighted by Crippen LogP contribution is -2.11. The third-order valence-electron chi connectivity index (χ3n) is 3.07. The van der Waals surface area contributed by atoms with Crippen molar-refractivity contribution in [2.45, 2.75) is 4.90 Å². The number of nitrogens with two attached hydrogens (primary N) is 1. The molecule has 0 aliphatic heterocycles. The maximum absolute atomic E-state index is 11.3. The van der Waals surface area contributed by atoms with Gasteiger partial charge in [0.2, 0.25) is 10.0 Å². The van der Waals surface area contributed by atoms with Crippen molar-refractivity contribution in [2.75, 3.05) is 0 Å². The molecule has 2 aromatic carbocycles. The minimum atomic E-state index is -3.67. The zero-order valence-electron chi connectivity index (χ0n) is 11.2. The topological polar surface area (TPSA) is 73.1 Å². The second kappa shape index (κ2) is 5.81. The molecule has 1 aromatic heterocycles.